The molecular weight excluding hydrogens is 334 g/mol. The molecule has 0 saturated heterocycles. The molecule has 0 spiro atoms. The van der Waals surface area contributed by atoms with E-state index in [2.05, 4.69) is 30.6 Å². The first-order valence-corrected chi connectivity index (χ1v) is 7.44. The number of aromatic nitrogens is 2. The fourth-order valence-electron chi connectivity index (χ4n) is 1.35. The lowest BCUT2D eigenvalue weighted by molar-refractivity contribution is 0.380. The number of methoxy groups -OCH3 is 1. The van der Waals surface area contributed by atoms with Gasteiger partial charge in [-0.25, -0.2) is 18.4 Å². The second-order valence-electron chi connectivity index (χ2n) is 3.49. The Morgan fingerprint density at radius 1 is 1.21 bits per heavy atom. The molecule has 0 amide bonds. The maximum Gasteiger partial charge on any atom is 0.316 e. The van der Waals surface area contributed by atoms with E-state index in [-0.39, 0.29) is 16.6 Å². The number of hydrogen-bond acceptors (Lipinski definition) is 5. The monoisotopic (exact) mass is 343 g/mol. The molecule has 0 aliphatic heterocycles. The van der Waals surface area contributed by atoms with Gasteiger partial charge in [0.15, 0.2) is 0 Å². The van der Waals surface area contributed by atoms with Gasteiger partial charge in [-0.15, -0.1) is 0 Å². The predicted octanol–water partition coefficient (Wildman–Crippen LogP) is 2.05. The Morgan fingerprint density at radius 2 is 1.84 bits per heavy atom. The van der Waals surface area contributed by atoms with Crippen LogP contribution in [0, 0.1) is 0 Å². The van der Waals surface area contributed by atoms with E-state index >= 15 is 0 Å². The molecule has 6 nitrogen and oxygen atoms in total. The molecule has 8 heteroatoms. The summed E-state index contributed by atoms with van der Waals surface area (Å²) in [4.78, 5) is 7.80. The van der Waals surface area contributed by atoms with Gasteiger partial charge < -0.3 is 4.74 Å². The summed E-state index contributed by atoms with van der Waals surface area (Å²) >= 11 is 3.20. The van der Waals surface area contributed by atoms with Gasteiger partial charge in [-0.2, -0.15) is 0 Å². The van der Waals surface area contributed by atoms with Crippen molar-refractivity contribution in [1.29, 1.82) is 0 Å². The van der Waals surface area contributed by atoms with Crippen LogP contribution in [0.2, 0.25) is 0 Å². The lowest BCUT2D eigenvalue weighted by atomic mass is 10.4. The van der Waals surface area contributed by atoms with Crippen LogP contribution in [0.3, 0.4) is 0 Å². The highest BCUT2D eigenvalue weighted by Gasteiger charge is 2.17. The highest BCUT2D eigenvalue weighted by molar-refractivity contribution is 9.10. The molecule has 0 atom stereocenters. The molecule has 0 aliphatic carbocycles. The number of halogens is 1. The standard InChI is InChI=1S/C11H10BrN3O3S/c1-18-11-13-6-8(7-14-11)15-19(16,17)10-5-3-2-4-9(10)12/h2-7,15H,1H3. The zero-order valence-corrected chi connectivity index (χ0v) is 12.3. The van der Waals surface area contributed by atoms with Crippen molar-refractivity contribution in [2.75, 3.05) is 11.8 Å². The van der Waals surface area contributed by atoms with E-state index in [1.165, 1.54) is 25.6 Å². The number of hydrogen-bond donors (Lipinski definition) is 1. The van der Waals surface area contributed by atoms with Crippen LogP contribution in [-0.2, 0) is 10.0 Å². The van der Waals surface area contributed by atoms with Gasteiger partial charge in [0.2, 0.25) is 0 Å². The van der Waals surface area contributed by atoms with Crippen LogP contribution in [0.25, 0.3) is 0 Å². The lowest BCUT2D eigenvalue weighted by Gasteiger charge is -2.08. The summed E-state index contributed by atoms with van der Waals surface area (Å²) in [6.07, 6.45) is 2.67. The number of nitrogens with zero attached hydrogens (tertiary/aromatic N) is 2. The van der Waals surface area contributed by atoms with Crippen LogP contribution in [-0.4, -0.2) is 25.5 Å². The zero-order chi connectivity index (χ0) is 13.9. The summed E-state index contributed by atoms with van der Waals surface area (Å²) in [7, 11) is -2.25. The molecule has 1 heterocycles. The van der Waals surface area contributed by atoms with Crippen molar-refractivity contribution in [2.45, 2.75) is 4.90 Å². The van der Waals surface area contributed by atoms with Gasteiger partial charge in [0.05, 0.1) is 25.2 Å². The molecule has 1 N–H and O–H groups in total. The fourth-order valence-corrected chi connectivity index (χ4v) is 3.38. The summed E-state index contributed by atoms with van der Waals surface area (Å²) in [5.74, 6) is 0. The van der Waals surface area contributed by atoms with E-state index in [1.807, 2.05) is 0 Å². The van der Waals surface area contributed by atoms with Gasteiger partial charge in [0.25, 0.3) is 10.0 Å². The Labute approximate surface area is 119 Å². The number of benzene rings is 1. The van der Waals surface area contributed by atoms with Crippen LogP contribution in [0.1, 0.15) is 0 Å². The van der Waals surface area contributed by atoms with E-state index in [0.29, 0.717) is 4.47 Å². The molecule has 2 rings (SSSR count). The molecule has 1 aromatic carbocycles. The van der Waals surface area contributed by atoms with Crippen molar-refractivity contribution < 1.29 is 13.2 Å². The Balaban J connectivity index is 2.28. The molecule has 0 radical (unpaired) electrons. The van der Waals surface area contributed by atoms with Crippen LogP contribution < -0.4 is 9.46 Å². The van der Waals surface area contributed by atoms with E-state index in [0.717, 1.165) is 0 Å². The van der Waals surface area contributed by atoms with Crippen LogP contribution >= 0.6 is 15.9 Å². The van der Waals surface area contributed by atoms with Crippen LogP contribution in [0.5, 0.6) is 6.01 Å². The number of ether oxygens (including phenoxy) is 1. The molecule has 0 aliphatic rings. The van der Waals surface area contributed by atoms with E-state index in [4.69, 9.17) is 4.74 Å². The molecular formula is C11H10BrN3O3S. The zero-order valence-electron chi connectivity index (χ0n) is 9.87. The number of rotatable bonds is 4. The molecule has 2 aromatic rings. The highest BCUT2D eigenvalue weighted by atomic mass is 79.9. The molecule has 0 bridgehead atoms. The maximum absolute atomic E-state index is 12.1. The Morgan fingerprint density at radius 3 is 2.42 bits per heavy atom. The normalized spacial score (nSPS) is 11.1. The Kier molecular flexibility index (Phi) is 4.01. The van der Waals surface area contributed by atoms with Crippen LogP contribution in [0.15, 0.2) is 46.0 Å². The third-order valence-electron chi connectivity index (χ3n) is 2.19. The Bertz CT molecular complexity index is 674. The minimum absolute atomic E-state index is 0.144. The van der Waals surface area contributed by atoms with Crippen molar-refractivity contribution in [3.63, 3.8) is 0 Å². The average molecular weight is 344 g/mol. The van der Waals surface area contributed by atoms with Gasteiger partial charge in [-0.3, -0.25) is 4.72 Å². The van der Waals surface area contributed by atoms with E-state index < -0.39 is 10.0 Å². The fraction of sp³-hybridized carbons (Fsp3) is 0.0909. The second kappa shape index (κ2) is 5.54. The second-order valence-corrected chi connectivity index (χ2v) is 6.00. The molecule has 0 saturated carbocycles. The smallest absolute Gasteiger partial charge is 0.316 e. The summed E-state index contributed by atoms with van der Waals surface area (Å²) in [6, 6.07) is 6.70. The largest absolute Gasteiger partial charge is 0.467 e. The Hall–Kier alpha value is -1.67. The van der Waals surface area contributed by atoms with Gasteiger partial charge >= 0.3 is 6.01 Å². The minimum Gasteiger partial charge on any atom is -0.467 e. The van der Waals surface area contributed by atoms with E-state index in [1.54, 1.807) is 18.2 Å². The SMILES string of the molecule is COc1ncc(NS(=O)(=O)c2ccccc2Br)cn1. The van der Waals surface area contributed by atoms with Crippen molar-refractivity contribution >= 4 is 31.6 Å². The molecule has 19 heavy (non-hydrogen) atoms. The van der Waals surface area contributed by atoms with Gasteiger partial charge in [-0.05, 0) is 28.1 Å². The summed E-state index contributed by atoms with van der Waals surface area (Å²) in [5, 5.41) is 0. The quantitative estimate of drug-likeness (QED) is 0.918. The molecule has 0 fully saturated rings. The lowest BCUT2D eigenvalue weighted by Crippen LogP contribution is -2.14. The first kappa shape index (κ1) is 13.8. The molecule has 100 valence electrons. The van der Waals surface area contributed by atoms with Crippen molar-refractivity contribution in [3.8, 4) is 6.01 Å². The molecule has 0 unspecified atom stereocenters. The van der Waals surface area contributed by atoms with Gasteiger partial charge in [0.1, 0.15) is 4.90 Å². The van der Waals surface area contributed by atoms with Crippen molar-refractivity contribution in [3.05, 3.63) is 41.1 Å². The average Bonchev–Trinajstić information content (AvgIpc) is 2.39. The van der Waals surface area contributed by atoms with Crippen molar-refractivity contribution in [1.82, 2.24) is 9.97 Å². The van der Waals surface area contributed by atoms with Gasteiger partial charge in [0, 0.05) is 4.47 Å². The van der Waals surface area contributed by atoms with Crippen molar-refractivity contribution in [2.24, 2.45) is 0 Å². The van der Waals surface area contributed by atoms with Gasteiger partial charge in [-0.1, -0.05) is 12.1 Å². The maximum atomic E-state index is 12.1. The predicted molar refractivity (Wildman–Crippen MR) is 73.5 cm³/mol. The topological polar surface area (TPSA) is 81.2 Å². The third-order valence-corrected chi connectivity index (χ3v) is 4.58. The minimum atomic E-state index is -3.68. The summed E-state index contributed by atoms with van der Waals surface area (Å²) < 4.78 is 32.0. The summed E-state index contributed by atoms with van der Waals surface area (Å²) in [5.41, 5.74) is 0.261. The number of anilines is 1. The first-order chi connectivity index (χ1) is 9.03. The number of sulfonamides is 1. The number of nitrogens with one attached hydrogen (secondary N) is 1. The third kappa shape index (κ3) is 3.21. The van der Waals surface area contributed by atoms with E-state index in [9.17, 15) is 8.42 Å². The summed E-state index contributed by atoms with van der Waals surface area (Å²) in [6.45, 7) is 0. The molecule has 1 aromatic heterocycles. The highest BCUT2D eigenvalue weighted by Crippen LogP contribution is 2.23. The first-order valence-electron chi connectivity index (χ1n) is 5.16. The van der Waals surface area contributed by atoms with Crippen LogP contribution in [0.4, 0.5) is 5.69 Å².